The van der Waals surface area contributed by atoms with Crippen molar-refractivity contribution in [3.63, 3.8) is 0 Å². The van der Waals surface area contributed by atoms with Gasteiger partial charge in [0.1, 0.15) is 0 Å². The third kappa shape index (κ3) is 2.66. The minimum absolute atomic E-state index is 0.0410. The van der Waals surface area contributed by atoms with Gasteiger partial charge < -0.3 is 9.72 Å². The zero-order valence-corrected chi connectivity index (χ0v) is 11.9. The van der Waals surface area contributed by atoms with Gasteiger partial charge in [-0.1, -0.05) is 11.3 Å². The van der Waals surface area contributed by atoms with Crippen molar-refractivity contribution in [1.29, 1.82) is 0 Å². The highest BCUT2D eigenvalue weighted by molar-refractivity contribution is 7.91. The maximum Gasteiger partial charge on any atom is 0.305 e. The molecule has 102 valence electrons. The number of aryl methyl sites for hydroxylation is 1. The highest BCUT2D eigenvalue weighted by atomic mass is 32.2. The van der Waals surface area contributed by atoms with Gasteiger partial charge in [-0.05, 0) is 19.8 Å². The van der Waals surface area contributed by atoms with Crippen molar-refractivity contribution in [2.45, 2.75) is 30.1 Å². The lowest BCUT2D eigenvalue weighted by Gasteiger charge is -2.19. The fourth-order valence-corrected chi connectivity index (χ4v) is 4.64. The molecule has 8 heteroatoms. The van der Waals surface area contributed by atoms with Crippen LogP contribution in [0.3, 0.4) is 0 Å². The maximum absolute atomic E-state index is 12.3. The highest BCUT2D eigenvalue weighted by Gasteiger charge is 2.29. The normalized spacial score (nSPS) is 20.7. The molecule has 0 amide bonds. The number of hydrogen-bond acceptors (Lipinski definition) is 5. The number of sulfonamides is 1. The molecular formula is C10H16N2O4S2. The Morgan fingerprint density at radius 2 is 2.28 bits per heavy atom. The summed E-state index contributed by atoms with van der Waals surface area (Å²) in [7, 11) is -2.08. The summed E-state index contributed by atoms with van der Waals surface area (Å²) in [5, 5.41) is 0. The van der Waals surface area contributed by atoms with Gasteiger partial charge in [-0.15, -0.1) is 0 Å². The topological polar surface area (TPSA) is 79.5 Å². The van der Waals surface area contributed by atoms with Gasteiger partial charge in [-0.3, -0.25) is 4.79 Å². The van der Waals surface area contributed by atoms with Crippen molar-refractivity contribution in [3.8, 4) is 0 Å². The molecule has 1 aliphatic rings. The van der Waals surface area contributed by atoms with Crippen LogP contribution in [0.4, 0.5) is 0 Å². The van der Waals surface area contributed by atoms with Gasteiger partial charge in [0.05, 0.1) is 6.10 Å². The lowest BCUT2D eigenvalue weighted by molar-refractivity contribution is 0.0979. The fourth-order valence-electron chi connectivity index (χ4n) is 1.95. The van der Waals surface area contributed by atoms with E-state index >= 15 is 0 Å². The molecule has 2 heterocycles. The second kappa shape index (κ2) is 5.12. The summed E-state index contributed by atoms with van der Waals surface area (Å²) in [5.41, 5.74) is 0.393. The van der Waals surface area contributed by atoms with Crippen molar-refractivity contribution in [2.24, 2.45) is 0 Å². The number of thiazole rings is 1. The Morgan fingerprint density at radius 3 is 2.78 bits per heavy atom. The molecule has 0 bridgehead atoms. The Labute approximate surface area is 110 Å². The number of ether oxygens (including phenoxy) is 1. The Bertz CT molecular complexity index is 569. The maximum atomic E-state index is 12.3. The highest BCUT2D eigenvalue weighted by Crippen LogP contribution is 2.22. The standard InChI is InChI=1S/C10H16N2O4S2/c1-7-9(17-10(13)11-7)18(14,15)12(2)6-8-4-3-5-16-8/h8H,3-6H2,1-2H3,(H,11,13). The van der Waals surface area contributed by atoms with Crippen molar-refractivity contribution in [1.82, 2.24) is 9.29 Å². The van der Waals surface area contributed by atoms with E-state index < -0.39 is 10.0 Å². The van der Waals surface area contributed by atoms with E-state index in [0.29, 0.717) is 18.8 Å². The van der Waals surface area contributed by atoms with E-state index in [0.717, 1.165) is 24.2 Å². The summed E-state index contributed by atoms with van der Waals surface area (Å²) in [6, 6.07) is 0. The number of likely N-dealkylation sites (N-methyl/N-ethyl adjacent to an activating group) is 1. The van der Waals surface area contributed by atoms with Gasteiger partial charge in [0.2, 0.25) is 0 Å². The van der Waals surface area contributed by atoms with Crippen LogP contribution in [0.5, 0.6) is 0 Å². The summed E-state index contributed by atoms with van der Waals surface area (Å²) < 4.78 is 31.3. The number of hydrogen-bond donors (Lipinski definition) is 1. The predicted molar refractivity (Wildman–Crippen MR) is 68.5 cm³/mol. The number of H-pyrrole nitrogens is 1. The zero-order chi connectivity index (χ0) is 13.3. The van der Waals surface area contributed by atoms with Gasteiger partial charge in [-0.2, -0.15) is 4.31 Å². The predicted octanol–water partition coefficient (Wildman–Crippen LogP) is 0.544. The second-order valence-corrected chi connectivity index (χ2v) is 7.57. The fraction of sp³-hybridized carbons (Fsp3) is 0.700. The Kier molecular flexibility index (Phi) is 3.90. The first-order valence-corrected chi connectivity index (χ1v) is 7.94. The molecule has 1 fully saturated rings. The number of aromatic nitrogens is 1. The van der Waals surface area contributed by atoms with E-state index in [1.807, 2.05) is 0 Å². The van der Waals surface area contributed by atoms with E-state index in [9.17, 15) is 13.2 Å². The summed E-state index contributed by atoms with van der Waals surface area (Å²) in [5.74, 6) is 0. The lowest BCUT2D eigenvalue weighted by Crippen LogP contribution is -2.34. The van der Waals surface area contributed by atoms with Crippen LogP contribution in [-0.2, 0) is 14.8 Å². The SMILES string of the molecule is Cc1[nH]c(=O)sc1S(=O)(=O)N(C)CC1CCCO1. The molecule has 0 aromatic carbocycles. The zero-order valence-electron chi connectivity index (χ0n) is 10.3. The van der Waals surface area contributed by atoms with Crippen molar-refractivity contribution in [2.75, 3.05) is 20.2 Å². The molecule has 2 rings (SSSR count). The van der Waals surface area contributed by atoms with Crippen molar-refractivity contribution < 1.29 is 13.2 Å². The largest absolute Gasteiger partial charge is 0.377 e. The van der Waals surface area contributed by atoms with Gasteiger partial charge >= 0.3 is 4.87 Å². The summed E-state index contributed by atoms with van der Waals surface area (Å²) >= 11 is 0.726. The molecule has 1 aromatic heterocycles. The van der Waals surface area contributed by atoms with Crippen LogP contribution in [0.15, 0.2) is 9.00 Å². The molecule has 1 saturated heterocycles. The molecular weight excluding hydrogens is 276 g/mol. The number of aromatic amines is 1. The van der Waals surface area contributed by atoms with Gasteiger partial charge in [0, 0.05) is 25.9 Å². The molecule has 6 nitrogen and oxygen atoms in total. The second-order valence-electron chi connectivity index (χ2n) is 4.35. The molecule has 0 radical (unpaired) electrons. The third-order valence-corrected chi connectivity index (χ3v) is 6.32. The first-order chi connectivity index (χ1) is 8.41. The molecule has 0 spiro atoms. The number of nitrogens with one attached hydrogen (secondary N) is 1. The van der Waals surface area contributed by atoms with Crippen LogP contribution in [0, 0.1) is 6.92 Å². The van der Waals surface area contributed by atoms with Crippen LogP contribution in [0.1, 0.15) is 18.5 Å². The molecule has 1 N–H and O–H groups in total. The average Bonchev–Trinajstić information content (AvgIpc) is 2.88. The van der Waals surface area contributed by atoms with Gasteiger partial charge in [0.15, 0.2) is 4.21 Å². The summed E-state index contributed by atoms with van der Waals surface area (Å²) in [6.07, 6.45) is 1.80. The smallest absolute Gasteiger partial charge is 0.305 e. The average molecular weight is 292 g/mol. The number of rotatable bonds is 4. The number of nitrogens with zero attached hydrogens (tertiary/aromatic N) is 1. The van der Waals surface area contributed by atoms with Crippen LogP contribution in [0.2, 0.25) is 0 Å². The molecule has 1 aromatic rings. The minimum atomic E-state index is -3.60. The summed E-state index contributed by atoms with van der Waals surface area (Å²) in [6.45, 7) is 2.60. The van der Waals surface area contributed by atoms with Crippen molar-refractivity contribution >= 4 is 21.4 Å². The van der Waals surface area contributed by atoms with Crippen molar-refractivity contribution in [3.05, 3.63) is 15.4 Å². The monoisotopic (exact) mass is 292 g/mol. The van der Waals surface area contributed by atoms with Gasteiger partial charge in [-0.25, -0.2) is 8.42 Å². The van der Waals surface area contributed by atoms with Crippen LogP contribution < -0.4 is 4.87 Å². The molecule has 18 heavy (non-hydrogen) atoms. The summed E-state index contributed by atoms with van der Waals surface area (Å²) in [4.78, 5) is 13.3. The van der Waals surface area contributed by atoms with E-state index in [-0.39, 0.29) is 15.2 Å². The van der Waals surface area contributed by atoms with Gasteiger partial charge in [0.25, 0.3) is 10.0 Å². The van der Waals surface area contributed by atoms with E-state index in [1.54, 1.807) is 6.92 Å². The lowest BCUT2D eigenvalue weighted by atomic mass is 10.2. The van der Waals surface area contributed by atoms with Crippen LogP contribution in [-0.4, -0.2) is 44.0 Å². The Morgan fingerprint density at radius 1 is 1.56 bits per heavy atom. The van der Waals surface area contributed by atoms with E-state index in [2.05, 4.69) is 4.98 Å². The quantitative estimate of drug-likeness (QED) is 0.878. The minimum Gasteiger partial charge on any atom is -0.377 e. The molecule has 1 unspecified atom stereocenters. The van der Waals surface area contributed by atoms with Crippen LogP contribution in [0.25, 0.3) is 0 Å². The first-order valence-electron chi connectivity index (χ1n) is 5.69. The first kappa shape index (κ1) is 13.7. The van der Waals surface area contributed by atoms with E-state index in [4.69, 9.17) is 4.74 Å². The molecule has 0 saturated carbocycles. The third-order valence-electron chi connectivity index (χ3n) is 2.91. The molecule has 1 atom stereocenters. The van der Waals surface area contributed by atoms with E-state index in [1.165, 1.54) is 11.4 Å². The Hall–Kier alpha value is -0.700. The molecule has 0 aliphatic carbocycles. The van der Waals surface area contributed by atoms with Crippen LogP contribution >= 0.6 is 11.3 Å². The molecule has 1 aliphatic heterocycles. The Balaban J connectivity index is 2.19.